The number of rotatable bonds is 2. The number of nitrogens with one attached hydrogen (secondary N) is 1. The molecule has 0 aliphatic carbocycles. The van der Waals surface area contributed by atoms with Crippen molar-refractivity contribution in [2.24, 2.45) is 0 Å². The summed E-state index contributed by atoms with van der Waals surface area (Å²) in [5.41, 5.74) is 5.22. The zero-order chi connectivity index (χ0) is 15.1. The summed E-state index contributed by atoms with van der Waals surface area (Å²) in [7, 11) is 0. The molecule has 0 radical (unpaired) electrons. The van der Waals surface area contributed by atoms with Crippen molar-refractivity contribution in [3.8, 4) is 22.3 Å². The zero-order valence-electron chi connectivity index (χ0n) is 11.3. The van der Waals surface area contributed by atoms with Crippen LogP contribution < -0.4 is 0 Å². The highest BCUT2D eigenvalue weighted by Crippen LogP contribution is 2.38. The van der Waals surface area contributed by atoms with Gasteiger partial charge in [0.25, 0.3) is 0 Å². The van der Waals surface area contributed by atoms with E-state index in [1.54, 1.807) is 0 Å². The molecule has 108 valence electrons. The quantitative estimate of drug-likeness (QED) is 0.456. The maximum atomic E-state index is 6.13. The molecule has 0 amide bonds. The fourth-order valence-corrected chi connectivity index (χ4v) is 3.70. The molecule has 0 saturated heterocycles. The van der Waals surface area contributed by atoms with Crippen LogP contribution in [0.2, 0.25) is 9.36 Å². The number of fused-ring (bicyclic) bond motifs is 1. The van der Waals surface area contributed by atoms with E-state index in [0.29, 0.717) is 0 Å². The van der Waals surface area contributed by atoms with E-state index in [4.69, 9.17) is 23.2 Å². The number of pyridine rings is 1. The van der Waals surface area contributed by atoms with E-state index in [1.165, 1.54) is 11.3 Å². The van der Waals surface area contributed by atoms with Crippen LogP contribution in [0.25, 0.3) is 33.3 Å². The van der Waals surface area contributed by atoms with Gasteiger partial charge in [0.15, 0.2) is 0 Å². The van der Waals surface area contributed by atoms with Crippen LogP contribution in [-0.4, -0.2) is 9.97 Å². The van der Waals surface area contributed by atoms with E-state index in [2.05, 4.69) is 15.3 Å². The third-order valence-electron chi connectivity index (χ3n) is 3.59. The minimum absolute atomic E-state index is 0.718. The first kappa shape index (κ1) is 13.8. The lowest BCUT2D eigenvalue weighted by Gasteiger charge is -2.05. The average Bonchev–Trinajstić information content (AvgIpc) is 3.13. The summed E-state index contributed by atoms with van der Waals surface area (Å²) in [5, 5.41) is 3.86. The molecule has 1 aromatic carbocycles. The molecule has 0 saturated carbocycles. The van der Waals surface area contributed by atoms with Gasteiger partial charge in [-0.3, -0.25) is 0 Å². The maximum Gasteiger partial charge on any atom is 0.138 e. The van der Waals surface area contributed by atoms with Gasteiger partial charge in [0, 0.05) is 33.7 Å². The zero-order valence-corrected chi connectivity index (χ0v) is 13.6. The number of aromatic nitrogens is 2. The molecule has 2 nitrogen and oxygen atoms in total. The number of benzene rings is 1. The van der Waals surface area contributed by atoms with Crippen molar-refractivity contribution in [2.45, 2.75) is 0 Å². The van der Waals surface area contributed by atoms with Crippen molar-refractivity contribution in [1.29, 1.82) is 0 Å². The first-order valence-electron chi connectivity index (χ1n) is 6.69. The van der Waals surface area contributed by atoms with Crippen molar-refractivity contribution in [2.75, 3.05) is 0 Å². The first-order chi connectivity index (χ1) is 10.7. The SMILES string of the molecule is Clc1cccc(-c2c[nH]c3nccc(-c4csc(Cl)c4)c23)c1. The van der Waals surface area contributed by atoms with Gasteiger partial charge < -0.3 is 4.98 Å². The lowest BCUT2D eigenvalue weighted by Crippen LogP contribution is -1.82. The molecule has 3 heterocycles. The van der Waals surface area contributed by atoms with Crippen molar-refractivity contribution >= 4 is 45.6 Å². The van der Waals surface area contributed by atoms with Crippen LogP contribution in [-0.2, 0) is 0 Å². The molecule has 0 unspecified atom stereocenters. The molecule has 4 rings (SSSR count). The lowest BCUT2D eigenvalue weighted by molar-refractivity contribution is 1.33. The molecule has 0 spiro atoms. The minimum atomic E-state index is 0.718. The molecule has 5 heteroatoms. The molecular formula is C17H10Cl2N2S. The van der Waals surface area contributed by atoms with E-state index >= 15 is 0 Å². The summed E-state index contributed by atoms with van der Waals surface area (Å²) in [6.45, 7) is 0. The molecular weight excluding hydrogens is 335 g/mol. The normalized spacial score (nSPS) is 11.2. The highest BCUT2D eigenvalue weighted by Gasteiger charge is 2.13. The Labute approximate surface area is 141 Å². The van der Waals surface area contributed by atoms with E-state index in [9.17, 15) is 0 Å². The topological polar surface area (TPSA) is 28.7 Å². The number of hydrogen-bond acceptors (Lipinski definition) is 2. The van der Waals surface area contributed by atoms with Gasteiger partial charge in [-0.2, -0.15) is 0 Å². The van der Waals surface area contributed by atoms with Gasteiger partial charge in [0.2, 0.25) is 0 Å². The van der Waals surface area contributed by atoms with Gasteiger partial charge in [-0.15, -0.1) is 11.3 Å². The summed E-state index contributed by atoms with van der Waals surface area (Å²) in [5.74, 6) is 0. The number of nitrogens with zero attached hydrogens (tertiary/aromatic N) is 1. The number of aromatic amines is 1. The van der Waals surface area contributed by atoms with E-state index in [0.717, 1.165) is 42.6 Å². The van der Waals surface area contributed by atoms with Gasteiger partial charge in [0.1, 0.15) is 5.65 Å². The molecule has 0 aliphatic rings. The number of halogens is 2. The number of thiophene rings is 1. The van der Waals surface area contributed by atoms with Crippen LogP contribution in [0.3, 0.4) is 0 Å². The molecule has 22 heavy (non-hydrogen) atoms. The van der Waals surface area contributed by atoms with E-state index in [-0.39, 0.29) is 0 Å². The predicted molar refractivity (Wildman–Crippen MR) is 94.9 cm³/mol. The second-order valence-corrected chi connectivity index (χ2v) is 6.91. The van der Waals surface area contributed by atoms with Gasteiger partial charge >= 0.3 is 0 Å². The van der Waals surface area contributed by atoms with Crippen LogP contribution in [0.1, 0.15) is 0 Å². The Morgan fingerprint density at radius 3 is 2.68 bits per heavy atom. The molecule has 3 aromatic heterocycles. The minimum Gasteiger partial charge on any atom is -0.345 e. The Morgan fingerprint density at radius 2 is 1.91 bits per heavy atom. The maximum absolute atomic E-state index is 6.13. The summed E-state index contributed by atoms with van der Waals surface area (Å²) in [4.78, 5) is 7.66. The Morgan fingerprint density at radius 1 is 1.00 bits per heavy atom. The Kier molecular flexibility index (Phi) is 3.41. The van der Waals surface area contributed by atoms with E-state index < -0.39 is 0 Å². The van der Waals surface area contributed by atoms with Crippen LogP contribution in [0.4, 0.5) is 0 Å². The molecule has 4 aromatic rings. The highest BCUT2D eigenvalue weighted by atomic mass is 35.5. The third-order valence-corrected chi connectivity index (χ3v) is 4.91. The molecule has 0 bridgehead atoms. The second-order valence-electron chi connectivity index (χ2n) is 4.93. The Balaban J connectivity index is 2.01. The summed E-state index contributed by atoms with van der Waals surface area (Å²) >= 11 is 13.8. The van der Waals surface area contributed by atoms with Gasteiger partial charge in [-0.1, -0.05) is 35.3 Å². The molecule has 0 fully saturated rings. The Bertz CT molecular complexity index is 972. The largest absolute Gasteiger partial charge is 0.345 e. The van der Waals surface area contributed by atoms with Crippen LogP contribution >= 0.6 is 34.5 Å². The smallest absolute Gasteiger partial charge is 0.138 e. The van der Waals surface area contributed by atoms with Crippen LogP contribution in [0.15, 0.2) is 54.2 Å². The highest BCUT2D eigenvalue weighted by molar-refractivity contribution is 7.14. The standard InChI is InChI=1S/C17H10Cl2N2S/c18-12-3-1-2-10(6-12)14-8-21-17-16(14)13(4-5-20-17)11-7-15(19)22-9-11/h1-9H,(H,20,21). The van der Waals surface area contributed by atoms with Gasteiger partial charge in [-0.05, 0) is 41.0 Å². The van der Waals surface area contributed by atoms with Crippen LogP contribution in [0, 0.1) is 0 Å². The molecule has 0 atom stereocenters. The van der Waals surface area contributed by atoms with Crippen molar-refractivity contribution in [1.82, 2.24) is 9.97 Å². The van der Waals surface area contributed by atoms with Gasteiger partial charge in [-0.25, -0.2) is 4.98 Å². The molecule has 0 aliphatic heterocycles. The van der Waals surface area contributed by atoms with E-state index in [1.807, 2.05) is 48.8 Å². The van der Waals surface area contributed by atoms with Crippen molar-refractivity contribution in [3.05, 3.63) is 63.5 Å². The second kappa shape index (κ2) is 5.43. The monoisotopic (exact) mass is 344 g/mol. The first-order valence-corrected chi connectivity index (χ1v) is 8.32. The van der Waals surface area contributed by atoms with Crippen molar-refractivity contribution < 1.29 is 0 Å². The van der Waals surface area contributed by atoms with Crippen molar-refractivity contribution in [3.63, 3.8) is 0 Å². The van der Waals surface area contributed by atoms with Crippen LogP contribution in [0.5, 0.6) is 0 Å². The fraction of sp³-hybridized carbons (Fsp3) is 0. The number of hydrogen-bond donors (Lipinski definition) is 1. The number of H-pyrrole nitrogens is 1. The van der Waals surface area contributed by atoms with Gasteiger partial charge in [0.05, 0.1) is 4.34 Å². The molecule has 1 N–H and O–H groups in total. The lowest BCUT2D eigenvalue weighted by atomic mass is 10.00. The summed E-state index contributed by atoms with van der Waals surface area (Å²) in [6.07, 6.45) is 3.78. The third kappa shape index (κ3) is 2.31. The predicted octanol–water partition coefficient (Wildman–Crippen LogP) is 6.27. The fourth-order valence-electron chi connectivity index (χ4n) is 2.63. The average molecular weight is 345 g/mol. The summed E-state index contributed by atoms with van der Waals surface area (Å²) < 4.78 is 0.778. The summed E-state index contributed by atoms with van der Waals surface area (Å²) in [6, 6.07) is 11.8. The Hall–Kier alpha value is -1.81.